The highest BCUT2D eigenvalue weighted by atomic mass is 32.2. The van der Waals surface area contributed by atoms with Crippen LogP contribution in [-0.2, 0) is 14.8 Å². The van der Waals surface area contributed by atoms with Crippen LogP contribution in [0, 0.1) is 0 Å². The molecule has 1 amide bonds. The standard InChI is InChI=1S/C16H26N4O4S/c1-12-10-17-7-8-20(12)11-16(21)18-13-5-6-14(24-4)15(9-13)25(22,23)19(2)3/h5-6,9,12,17H,7-8,10-11H2,1-4H3,(H,18,21)/t12-/m0/s1. The predicted octanol–water partition coefficient (Wildman–Crippen LogP) is 0.178. The number of ether oxygens (including phenoxy) is 1. The maximum Gasteiger partial charge on any atom is 0.246 e. The molecule has 0 spiro atoms. The van der Waals surface area contributed by atoms with Crippen LogP contribution in [0.15, 0.2) is 23.1 Å². The third-order valence-corrected chi connectivity index (χ3v) is 6.03. The zero-order valence-corrected chi connectivity index (χ0v) is 15.9. The van der Waals surface area contributed by atoms with E-state index in [-0.39, 0.29) is 29.1 Å². The highest BCUT2D eigenvalue weighted by Crippen LogP contribution is 2.28. The van der Waals surface area contributed by atoms with Crippen LogP contribution in [0.4, 0.5) is 5.69 Å². The van der Waals surface area contributed by atoms with E-state index in [0.717, 1.165) is 23.9 Å². The number of amides is 1. The number of hydrogen-bond donors (Lipinski definition) is 2. The summed E-state index contributed by atoms with van der Waals surface area (Å²) < 4.78 is 31.1. The van der Waals surface area contributed by atoms with Crippen molar-refractivity contribution >= 4 is 21.6 Å². The first-order valence-corrected chi connectivity index (χ1v) is 9.55. The van der Waals surface area contributed by atoms with Crippen LogP contribution in [0.3, 0.4) is 0 Å². The fraction of sp³-hybridized carbons (Fsp3) is 0.562. The summed E-state index contributed by atoms with van der Waals surface area (Å²) in [4.78, 5) is 14.4. The van der Waals surface area contributed by atoms with Gasteiger partial charge >= 0.3 is 0 Å². The summed E-state index contributed by atoms with van der Waals surface area (Å²) in [6, 6.07) is 4.87. The Balaban J connectivity index is 2.16. The van der Waals surface area contributed by atoms with Crippen LogP contribution in [0.5, 0.6) is 5.75 Å². The van der Waals surface area contributed by atoms with E-state index < -0.39 is 10.0 Å². The van der Waals surface area contributed by atoms with Gasteiger partial charge in [0.2, 0.25) is 15.9 Å². The van der Waals surface area contributed by atoms with Gasteiger partial charge in [-0.25, -0.2) is 12.7 Å². The Bertz CT molecular complexity index is 721. The number of nitrogens with one attached hydrogen (secondary N) is 2. The van der Waals surface area contributed by atoms with Crippen molar-refractivity contribution in [3.05, 3.63) is 18.2 Å². The van der Waals surface area contributed by atoms with Gasteiger partial charge in [0.15, 0.2) is 0 Å². The van der Waals surface area contributed by atoms with Crippen LogP contribution in [0.25, 0.3) is 0 Å². The second kappa shape index (κ2) is 8.13. The van der Waals surface area contributed by atoms with Gasteiger partial charge in [-0.1, -0.05) is 0 Å². The molecule has 1 atom stereocenters. The first-order valence-electron chi connectivity index (χ1n) is 8.11. The van der Waals surface area contributed by atoms with E-state index in [1.165, 1.54) is 27.3 Å². The molecule has 0 bridgehead atoms. The molecule has 2 N–H and O–H groups in total. The van der Waals surface area contributed by atoms with Gasteiger partial charge in [-0.05, 0) is 25.1 Å². The van der Waals surface area contributed by atoms with Crippen LogP contribution in [0.2, 0.25) is 0 Å². The second-order valence-electron chi connectivity index (χ2n) is 6.22. The molecule has 2 rings (SSSR count). The average Bonchev–Trinajstić information content (AvgIpc) is 2.56. The van der Waals surface area contributed by atoms with E-state index in [0.29, 0.717) is 5.69 Å². The van der Waals surface area contributed by atoms with Crippen LogP contribution < -0.4 is 15.4 Å². The molecule has 0 unspecified atom stereocenters. The van der Waals surface area contributed by atoms with Crippen molar-refractivity contribution in [2.75, 3.05) is 52.7 Å². The summed E-state index contributed by atoms with van der Waals surface area (Å²) in [5.74, 6) is 0.0644. The third kappa shape index (κ3) is 4.69. The lowest BCUT2D eigenvalue weighted by molar-refractivity contribution is -0.118. The Morgan fingerprint density at radius 2 is 2.16 bits per heavy atom. The van der Waals surface area contributed by atoms with Gasteiger partial charge in [0.25, 0.3) is 0 Å². The molecular formula is C16H26N4O4S. The number of methoxy groups -OCH3 is 1. The van der Waals surface area contributed by atoms with E-state index in [1.807, 2.05) is 0 Å². The Labute approximate surface area is 149 Å². The van der Waals surface area contributed by atoms with Crippen molar-refractivity contribution in [3.8, 4) is 5.75 Å². The number of carbonyl (C=O) groups is 1. The molecule has 1 aliphatic heterocycles. The highest BCUT2D eigenvalue weighted by molar-refractivity contribution is 7.89. The summed E-state index contributed by atoms with van der Waals surface area (Å²) in [6.45, 7) is 4.84. The summed E-state index contributed by atoms with van der Waals surface area (Å²) in [7, 11) is 0.636. The predicted molar refractivity (Wildman–Crippen MR) is 96.4 cm³/mol. The number of sulfonamides is 1. The molecule has 8 nitrogen and oxygen atoms in total. The van der Waals surface area contributed by atoms with Gasteiger partial charge in [0.05, 0.1) is 13.7 Å². The zero-order valence-electron chi connectivity index (χ0n) is 15.1. The number of piperazine rings is 1. The molecular weight excluding hydrogens is 344 g/mol. The Morgan fingerprint density at radius 3 is 2.76 bits per heavy atom. The van der Waals surface area contributed by atoms with Crippen molar-refractivity contribution < 1.29 is 17.9 Å². The second-order valence-corrected chi connectivity index (χ2v) is 8.35. The topological polar surface area (TPSA) is 91.0 Å². The van der Waals surface area contributed by atoms with Crippen molar-refractivity contribution in [1.82, 2.24) is 14.5 Å². The maximum atomic E-state index is 12.4. The lowest BCUT2D eigenvalue weighted by Gasteiger charge is -2.33. The molecule has 1 saturated heterocycles. The summed E-state index contributed by atoms with van der Waals surface area (Å²) in [6.07, 6.45) is 0. The van der Waals surface area contributed by atoms with E-state index in [2.05, 4.69) is 22.5 Å². The Morgan fingerprint density at radius 1 is 1.44 bits per heavy atom. The fourth-order valence-electron chi connectivity index (χ4n) is 2.66. The first kappa shape index (κ1) is 19.6. The van der Waals surface area contributed by atoms with E-state index in [1.54, 1.807) is 12.1 Å². The number of anilines is 1. The minimum Gasteiger partial charge on any atom is -0.495 e. The molecule has 1 heterocycles. The molecule has 0 aliphatic carbocycles. The van der Waals surface area contributed by atoms with Crippen LogP contribution in [0.1, 0.15) is 6.92 Å². The van der Waals surface area contributed by atoms with Gasteiger partial charge in [-0.15, -0.1) is 0 Å². The molecule has 0 saturated carbocycles. The number of carbonyl (C=O) groups excluding carboxylic acids is 1. The van der Waals surface area contributed by atoms with E-state index in [9.17, 15) is 13.2 Å². The monoisotopic (exact) mass is 370 g/mol. The van der Waals surface area contributed by atoms with E-state index >= 15 is 0 Å². The quantitative estimate of drug-likeness (QED) is 0.742. The Hall–Kier alpha value is -1.68. The van der Waals surface area contributed by atoms with Gasteiger partial charge in [-0.2, -0.15) is 0 Å². The molecule has 1 fully saturated rings. The first-order chi connectivity index (χ1) is 11.8. The van der Waals surface area contributed by atoms with Crippen LogP contribution in [-0.4, -0.2) is 77.0 Å². The van der Waals surface area contributed by atoms with Crippen molar-refractivity contribution in [2.24, 2.45) is 0 Å². The molecule has 1 aliphatic rings. The smallest absolute Gasteiger partial charge is 0.246 e. The fourth-order valence-corrected chi connectivity index (χ4v) is 3.73. The number of rotatable bonds is 6. The molecule has 140 valence electrons. The normalized spacial score (nSPS) is 19.0. The minimum atomic E-state index is -3.68. The molecule has 0 aromatic heterocycles. The van der Waals surface area contributed by atoms with Gasteiger partial charge < -0.3 is 15.4 Å². The van der Waals surface area contributed by atoms with Gasteiger partial charge in [-0.3, -0.25) is 9.69 Å². The maximum absolute atomic E-state index is 12.4. The van der Waals surface area contributed by atoms with Gasteiger partial charge in [0, 0.05) is 45.5 Å². The van der Waals surface area contributed by atoms with Crippen molar-refractivity contribution in [2.45, 2.75) is 17.9 Å². The SMILES string of the molecule is COc1ccc(NC(=O)CN2CCNC[C@@H]2C)cc1S(=O)(=O)N(C)C. The summed E-state index contributed by atoms with van der Waals surface area (Å²) in [5, 5.41) is 6.05. The third-order valence-electron chi connectivity index (χ3n) is 4.19. The van der Waals surface area contributed by atoms with Crippen LogP contribution >= 0.6 is 0 Å². The number of benzene rings is 1. The summed E-state index contributed by atoms with van der Waals surface area (Å²) >= 11 is 0. The number of nitrogens with zero attached hydrogens (tertiary/aromatic N) is 2. The van der Waals surface area contributed by atoms with Crippen molar-refractivity contribution in [1.29, 1.82) is 0 Å². The lowest BCUT2D eigenvalue weighted by Crippen LogP contribution is -2.51. The number of hydrogen-bond acceptors (Lipinski definition) is 6. The highest BCUT2D eigenvalue weighted by Gasteiger charge is 2.24. The molecule has 25 heavy (non-hydrogen) atoms. The average molecular weight is 370 g/mol. The minimum absolute atomic E-state index is 0.0216. The lowest BCUT2D eigenvalue weighted by atomic mass is 10.2. The molecule has 1 aromatic carbocycles. The zero-order chi connectivity index (χ0) is 18.6. The van der Waals surface area contributed by atoms with Crippen molar-refractivity contribution in [3.63, 3.8) is 0 Å². The molecule has 0 radical (unpaired) electrons. The largest absolute Gasteiger partial charge is 0.495 e. The molecule has 9 heteroatoms. The molecule has 1 aromatic rings. The van der Waals surface area contributed by atoms with Gasteiger partial charge in [0.1, 0.15) is 10.6 Å². The Kier molecular flexibility index (Phi) is 6.39. The van der Waals surface area contributed by atoms with E-state index in [4.69, 9.17) is 4.74 Å². The summed E-state index contributed by atoms with van der Waals surface area (Å²) in [5.41, 5.74) is 0.425.